The van der Waals surface area contributed by atoms with E-state index in [1.165, 1.54) is 24.3 Å². The van der Waals surface area contributed by atoms with Crippen LogP contribution in [0.1, 0.15) is 11.3 Å². The van der Waals surface area contributed by atoms with Gasteiger partial charge in [-0.15, -0.1) is 13.2 Å². The Kier molecular flexibility index (Phi) is 3.92. The van der Waals surface area contributed by atoms with Gasteiger partial charge in [-0.25, -0.2) is 9.97 Å². The van der Waals surface area contributed by atoms with Gasteiger partial charge in [-0.05, 0) is 24.3 Å². The lowest BCUT2D eigenvalue weighted by molar-refractivity contribution is -0.274. The molecule has 116 valence electrons. The summed E-state index contributed by atoms with van der Waals surface area (Å²) in [5.41, 5.74) is 2.12. The van der Waals surface area contributed by atoms with Crippen molar-refractivity contribution >= 4 is 11.6 Å². The number of rotatable bonds is 2. The Morgan fingerprint density at radius 2 is 1.86 bits per heavy atom. The number of aromatic nitrogens is 2. The molecule has 3 rings (SSSR count). The first-order chi connectivity index (χ1) is 10.4. The highest BCUT2D eigenvalue weighted by molar-refractivity contribution is 6.30. The molecule has 0 fully saturated rings. The summed E-state index contributed by atoms with van der Waals surface area (Å²) in [5.74, 6) is 0.0675. The standard InChI is InChI=1S/C14H10ClF3N2O2/c15-12-10-7-21-6-5-11(10)19-13(20-12)8-1-3-9(4-2-8)22-14(16,17)18/h1-4H,5-7H2. The van der Waals surface area contributed by atoms with E-state index in [2.05, 4.69) is 14.7 Å². The van der Waals surface area contributed by atoms with Crippen molar-refractivity contribution in [2.75, 3.05) is 6.61 Å². The fourth-order valence-corrected chi connectivity index (χ4v) is 2.37. The lowest BCUT2D eigenvalue weighted by atomic mass is 10.1. The zero-order valence-corrected chi connectivity index (χ0v) is 11.9. The van der Waals surface area contributed by atoms with Crippen LogP contribution in [-0.2, 0) is 17.8 Å². The number of alkyl halides is 3. The van der Waals surface area contributed by atoms with Crippen molar-refractivity contribution in [1.29, 1.82) is 0 Å². The van der Waals surface area contributed by atoms with E-state index in [4.69, 9.17) is 16.3 Å². The largest absolute Gasteiger partial charge is 0.573 e. The van der Waals surface area contributed by atoms with Crippen LogP contribution in [0.15, 0.2) is 24.3 Å². The van der Waals surface area contributed by atoms with Gasteiger partial charge in [0.1, 0.15) is 10.9 Å². The van der Waals surface area contributed by atoms with Gasteiger partial charge in [-0.3, -0.25) is 0 Å². The number of hydrogen-bond donors (Lipinski definition) is 0. The van der Waals surface area contributed by atoms with Crippen LogP contribution >= 0.6 is 11.6 Å². The molecule has 0 spiro atoms. The van der Waals surface area contributed by atoms with Gasteiger partial charge in [0.2, 0.25) is 0 Å². The number of ether oxygens (including phenoxy) is 2. The molecule has 0 atom stereocenters. The third-order valence-corrected chi connectivity index (χ3v) is 3.43. The Morgan fingerprint density at radius 1 is 1.14 bits per heavy atom. The monoisotopic (exact) mass is 330 g/mol. The molecule has 1 aliphatic rings. The second-order valence-electron chi connectivity index (χ2n) is 4.64. The smallest absolute Gasteiger partial charge is 0.406 e. The van der Waals surface area contributed by atoms with Crippen molar-refractivity contribution < 1.29 is 22.6 Å². The molecule has 0 aliphatic carbocycles. The first-order valence-electron chi connectivity index (χ1n) is 6.41. The molecule has 0 saturated carbocycles. The van der Waals surface area contributed by atoms with Crippen LogP contribution in [0.3, 0.4) is 0 Å². The van der Waals surface area contributed by atoms with Gasteiger partial charge in [0.05, 0.1) is 18.9 Å². The summed E-state index contributed by atoms with van der Waals surface area (Å²) in [6, 6.07) is 5.34. The van der Waals surface area contributed by atoms with Gasteiger partial charge in [-0.1, -0.05) is 11.6 Å². The summed E-state index contributed by atoms with van der Waals surface area (Å²) < 4.78 is 45.5. The van der Waals surface area contributed by atoms with E-state index in [-0.39, 0.29) is 5.75 Å². The average Bonchev–Trinajstić information content (AvgIpc) is 2.46. The van der Waals surface area contributed by atoms with E-state index in [0.29, 0.717) is 36.2 Å². The molecule has 2 aromatic rings. The molecule has 8 heteroatoms. The van der Waals surface area contributed by atoms with Crippen LogP contribution < -0.4 is 4.74 Å². The van der Waals surface area contributed by atoms with E-state index in [1.807, 2.05) is 0 Å². The lowest BCUT2D eigenvalue weighted by Gasteiger charge is -2.17. The normalized spacial score (nSPS) is 14.5. The molecule has 1 aromatic carbocycles. The molecule has 0 N–H and O–H groups in total. The van der Waals surface area contributed by atoms with Gasteiger partial charge in [0, 0.05) is 17.5 Å². The number of benzene rings is 1. The number of fused-ring (bicyclic) bond motifs is 1. The van der Waals surface area contributed by atoms with Gasteiger partial charge in [-0.2, -0.15) is 0 Å². The Hall–Kier alpha value is -1.86. The summed E-state index contributed by atoms with van der Waals surface area (Å²) >= 11 is 6.11. The fraction of sp³-hybridized carbons (Fsp3) is 0.286. The van der Waals surface area contributed by atoms with Crippen LogP contribution in [0.5, 0.6) is 5.75 Å². The summed E-state index contributed by atoms with van der Waals surface area (Å²) in [7, 11) is 0. The molecule has 0 radical (unpaired) electrons. The van der Waals surface area contributed by atoms with Gasteiger partial charge < -0.3 is 9.47 Å². The minimum atomic E-state index is -4.72. The molecular formula is C14H10ClF3N2O2. The van der Waals surface area contributed by atoms with Crippen LogP contribution in [0.2, 0.25) is 5.15 Å². The van der Waals surface area contributed by atoms with Crippen LogP contribution in [0.4, 0.5) is 13.2 Å². The minimum absolute atomic E-state index is 0.297. The SMILES string of the molecule is FC(F)(F)Oc1ccc(-c2nc(Cl)c3c(n2)CCOC3)cc1. The van der Waals surface area contributed by atoms with Gasteiger partial charge in [0.15, 0.2) is 5.82 Å². The first-order valence-corrected chi connectivity index (χ1v) is 6.79. The van der Waals surface area contributed by atoms with E-state index in [0.717, 1.165) is 11.3 Å². The summed E-state index contributed by atoms with van der Waals surface area (Å²) in [6.07, 6.45) is -4.09. The Bertz CT molecular complexity index is 690. The maximum Gasteiger partial charge on any atom is 0.573 e. The first kappa shape index (κ1) is 15.1. The number of nitrogens with zero attached hydrogens (tertiary/aromatic N) is 2. The van der Waals surface area contributed by atoms with Crippen LogP contribution in [-0.4, -0.2) is 22.9 Å². The Balaban J connectivity index is 1.90. The molecule has 22 heavy (non-hydrogen) atoms. The predicted molar refractivity (Wildman–Crippen MR) is 72.5 cm³/mol. The van der Waals surface area contributed by atoms with Crippen LogP contribution in [0.25, 0.3) is 11.4 Å². The van der Waals surface area contributed by atoms with E-state index >= 15 is 0 Å². The maximum atomic E-state index is 12.1. The molecule has 4 nitrogen and oxygen atoms in total. The topological polar surface area (TPSA) is 44.2 Å². The van der Waals surface area contributed by atoms with Gasteiger partial charge in [0.25, 0.3) is 0 Å². The second kappa shape index (κ2) is 5.73. The van der Waals surface area contributed by atoms with E-state index < -0.39 is 6.36 Å². The zero-order chi connectivity index (χ0) is 15.7. The van der Waals surface area contributed by atoms with Crippen LogP contribution in [0, 0.1) is 0 Å². The van der Waals surface area contributed by atoms with Crippen molar-refractivity contribution in [3.8, 4) is 17.1 Å². The van der Waals surface area contributed by atoms with Crippen molar-refractivity contribution in [3.63, 3.8) is 0 Å². The fourth-order valence-electron chi connectivity index (χ4n) is 2.13. The van der Waals surface area contributed by atoms with Crippen molar-refractivity contribution in [2.45, 2.75) is 19.4 Å². The van der Waals surface area contributed by atoms with E-state index in [9.17, 15) is 13.2 Å². The summed E-state index contributed by atoms with van der Waals surface area (Å²) in [4.78, 5) is 8.58. The molecule has 0 amide bonds. The van der Waals surface area contributed by atoms with Crippen molar-refractivity contribution in [1.82, 2.24) is 9.97 Å². The third-order valence-electron chi connectivity index (χ3n) is 3.12. The highest BCUT2D eigenvalue weighted by atomic mass is 35.5. The molecular weight excluding hydrogens is 321 g/mol. The predicted octanol–water partition coefficient (Wildman–Crippen LogP) is 3.77. The number of halogens is 4. The zero-order valence-electron chi connectivity index (χ0n) is 11.2. The molecule has 0 saturated heterocycles. The maximum absolute atomic E-state index is 12.1. The van der Waals surface area contributed by atoms with Gasteiger partial charge >= 0.3 is 6.36 Å². The summed E-state index contributed by atoms with van der Waals surface area (Å²) in [5, 5.41) is 0.301. The quantitative estimate of drug-likeness (QED) is 0.786. The van der Waals surface area contributed by atoms with Crippen molar-refractivity contribution in [3.05, 3.63) is 40.7 Å². The Morgan fingerprint density at radius 3 is 2.55 bits per heavy atom. The highest BCUT2D eigenvalue weighted by Crippen LogP contribution is 2.28. The molecule has 0 bridgehead atoms. The molecule has 1 aliphatic heterocycles. The average molecular weight is 331 g/mol. The lowest BCUT2D eigenvalue weighted by Crippen LogP contribution is -2.17. The number of hydrogen-bond acceptors (Lipinski definition) is 4. The second-order valence-corrected chi connectivity index (χ2v) is 5.00. The summed E-state index contributed by atoms with van der Waals surface area (Å²) in [6.45, 7) is 0.922. The highest BCUT2D eigenvalue weighted by Gasteiger charge is 2.31. The molecule has 0 unspecified atom stereocenters. The molecule has 2 heterocycles. The van der Waals surface area contributed by atoms with E-state index in [1.54, 1.807) is 0 Å². The Labute approximate surface area is 128 Å². The van der Waals surface area contributed by atoms with Crippen molar-refractivity contribution in [2.24, 2.45) is 0 Å². The minimum Gasteiger partial charge on any atom is -0.406 e. The third kappa shape index (κ3) is 3.31. The molecule has 1 aromatic heterocycles.